The fourth-order valence-corrected chi connectivity index (χ4v) is 0.690. The monoisotopic (exact) mass is 151 g/mol. The first-order chi connectivity index (χ1) is 5.24. The van der Waals surface area contributed by atoms with Crippen molar-refractivity contribution in [1.82, 2.24) is 0 Å². The van der Waals surface area contributed by atoms with Crippen molar-refractivity contribution in [3.05, 3.63) is 29.8 Å². The lowest BCUT2D eigenvalue weighted by molar-refractivity contribution is -0.210. The standard InChI is InChI=1S/C7H6N2O2/c8-9-6-3-1-5(2-4-6)7(10)11/h1-4,8H,(H,10,11)/p+1. The van der Waals surface area contributed by atoms with Crippen molar-refractivity contribution in [3.63, 3.8) is 0 Å². The van der Waals surface area contributed by atoms with E-state index in [0.717, 1.165) is 0 Å². The highest BCUT2D eigenvalue weighted by molar-refractivity contribution is 5.87. The van der Waals surface area contributed by atoms with Gasteiger partial charge in [0.25, 0.3) is 0 Å². The number of nitrogens with two attached hydrogens (primary N) is 1. The molecule has 0 atom stereocenters. The third kappa shape index (κ3) is 1.61. The molecule has 0 bridgehead atoms. The van der Waals surface area contributed by atoms with E-state index in [2.05, 4.69) is 5.11 Å². The van der Waals surface area contributed by atoms with Gasteiger partial charge in [-0.05, 0) is 29.4 Å². The number of carbonyl (C=O) groups is 1. The highest BCUT2D eigenvalue weighted by atomic mass is 16.4. The lowest BCUT2D eigenvalue weighted by Crippen LogP contribution is -2.21. The molecule has 0 heterocycles. The molecule has 0 fully saturated rings. The average Bonchev–Trinajstić information content (AvgIpc) is 2.05. The summed E-state index contributed by atoms with van der Waals surface area (Å²) in [4.78, 5) is 10.3. The molecule has 3 N–H and O–H groups in total. The predicted molar refractivity (Wildman–Crippen MR) is 37.4 cm³/mol. The third-order valence-electron chi connectivity index (χ3n) is 1.26. The van der Waals surface area contributed by atoms with E-state index in [-0.39, 0.29) is 5.56 Å². The minimum Gasteiger partial charge on any atom is -0.478 e. The van der Waals surface area contributed by atoms with Crippen LogP contribution in [-0.4, -0.2) is 11.1 Å². The van der Waals surface area contributed by atoms with Crippen LogP contribution in [0, 0.1) is 0 Å². The summed E-state index contributed by atoms with van der Waals surface area (Å²) in [5, 5.41) is 11.9. The number of carboxylic acids is 1. The Morgan fingerprint density at radius 2 is 1.91 bits per heavy atom. The van der Waals surface area contributed by atoms with Crippen molar-refractivity contribution in [2.24, 2.45) is 5.11 Å². The van der Waals surface area contributed by atoms with E-state index in [9.17, 15) is 4.79 Å². The molecule has 0 saturated heterocycles. The van der Waals surface area contributed by atoms with Crippen molar-refractivity contribution in [1.29, 1.82) is 0 Å². The van der Waals surface area contributed by atoms with E-state index >= 15 is 0 Å². The molecular formula is C7H7N2O2+. The Morgan fingerprint density at radius 1 is 1.36 bits per heavy atom. The van der Waals surface area contributed by atoms with Crippen LogP contribution in [-0.2, 0) is 0 Å². The van der Waals surface area contributed by atoms with E-state index in [1.54, 1.807) is 12.1 Å². The summed E-state index contributed by atoms with van der Waals surface area (Å²) >= 11 is 0. The molecule has 56 valence electrons. The van der Waals surface area contributed by atoms with Crippen LogP contribution < -0.4 is 5.53 Å². The van der Waals surface area contributed by atoms with Gasteiger partial charge in [-0.2, -0.15) is 5.53 Å². The number of nitrogens with zero attached hydrogens (tertiary/aromatic N) is 1. The zero-order chi connectivity index (χ0) is 8.27. The molecule has 0 aliphatic heterocycles. The van der Waals surface area contributed by atoms with Crippen LogP contribution in [0.3, 0.4) is 0 Å². The summed E-state index contributed by atoms with van der Waals surface area (Å²) in [5.41, 5.74) is 5.75. The Balaban J connectivity index is 3.00. The molecule has 0 spiro atoms. The fraction of sp³-hybridized carbons (Fsp3) is 0. The highest BCUT2D eigenvalue weighted by Gasteiger charge is 2.00. The molecule has 0 radical (unpaired) electrons. The molecule has 1 rings (SSSR count). The molecule has 0 aliphatic rings. The van der Waals surface area contributed by atoms with Gasteiger partial charge in [0.1, 0.15) is 5.69 Å². The van der Waals surface area contributed by atoms with Gasteiger partial charge in [-0.1, -0.05) is 0 Å². The predicted octanol–water partition coefficient (Wildman–Crippen LogP) is 0.228. The molecule has 4 nitrogen and oxygen atoms in total. The first-order valence-corrected chi connectivity index (χ1v) is 2.98. The summed E-state index contributed by atoms with van der Waals surface area (Å²) in [6.07, 6.45) is 0. The van der Waals surface area contributed by atoms with Gasteiger partial charge in [-0.3, -0.25) is 0 Å². The van der Waals surface area contributed by atoms with Crippen molar-refractivity contribution >= 4 is 11.7 Å². The Bertz CT molecular complexity index is 279. The van der Waals surface area contributed by atoms with Gasteiger partial charge in [0.05, 0.1) is 5.56 Å². The van der Waals surface area contributed by atoms with Crippen molar-refractivity contribution in [2.75, 3.05) is 0 Å². The topological polar surface area (TPSA) is 75.2 Å². The number of hydrogen-bond acceptors (Lipinski definition) is 2. The number of carboxylic acid groups (broad SMARTS) is 1. The summed E-state index contributed by atoms with van der Waals surface area (Å²) in [5.74, 6) is -0.950. The fourth-order valence-electron chi connectivity index (χ4n) is 0.690. The van der Waals surface area contributed by atoms with E-state index < -0.39 is 5.97 Å². The number of rotatable bonds is 2. The Hall–Kier alpha value is -1.71. The number of hydrogen-bond donors (Lipinski definition) is 2. The van der Waals surface area contributed by atoms with Gasteiger partial charge in [-0.25, -0.2) is 4.79 Å². The van der Waals surface area contributed by atoms with Crippen LogP contribution in [0.2, 0.25) is 0 Å². The van der Waals surface area contributed by atoms with Crippen LogP contribution in [0.25, 0.3) is 0 Å². The van der Waals surface area contributed by atoms with Crippen LogP contribution >= 0.6 is 0 Å². The molecule has 11 heavy (non-hydrogen) atoms. The summed E-state index contributed by atoms with van der Waals surface area (Å²) in [6.45, 7) is 0. The summed E-state index contributed by atoms with van der Waals surface area (Å²) in [6, 6.07) is 5.99. The second-order valence-electron chi connectivity index (χ2n) is 1.98. The largest absolute Gasteiger partial charge is 0.478 e. The van der Waals surface area contributed by atoms with Gasteiger partial charge >= 0.3 is 5.97 Å². The van der Waals surface area contributed by atoms with Gasteiger partial charge < -0.3 is 5.11 Å². The molecular weight excluding hydrogens is 144 g/mol. The van der Waals surface area contributed by atoms with Gasteiger partial charge in [-0.15, -0.1) is 0 Å². The van der Waals surface area contributed by atoms with Crippen LogP contribution in [0.4, 0.5) is 5.69 Å². The molecule has 0 aromatic heterocycles. The van der Waals surface area contributed by atoms with Gasteiger partial charge in [0.2, 0.25) is 0 Å². The second kappa shape index (κ2) is 2.92. The molecule has 4 heteroatoms. The minimum atomic E-state index is -0.950. The van der Waals surface area contributed by atoms with E-state index in [1.807, 2.05) is 0 Å². The molecule has 1 aromatic rings. The number of aromatic carboxylic acids is 1. The second-order valence-corrected chi connectivity index (χ2v) is 1.98. The lowest BCUT2D eigenvalue weighted by atomic mass is 10.2. The van der Waals surface area contributed by atoms with Crippen molar-refractivity contribution < 1.29 is 15.4 Å². The van der Waals surface area contributed by atoms with Gasteiger partial charge in [0, 0.05) is 0 Å². The van der Waals surface area contributed by atoms with E-state index in [1.165, 1.54) is 12.1 Å². The Labute approximate surface area is 63.0 Å². The third-order valence-corrected chi connectivity index (χ3v) is 1.26. The first-order valence-electron chi connectivity index (χ1n) is 2.98. The zero-order valence-corrected chi connectivity index (χ0v) is 5.69. The zero-order valence-electron chi connectivity index (χ0n) is 5.69. The molecule has 0 unspecified atom stereocenters. The van der Waals surface area contributed by atoms with E-state index in [4.69, 9.17) is 10.6 Å². The molecule has 0 saturated carbocycles. The van der Waals surface area contributed by atoms with Crippen molar-refractivity contribution in [3.8, 4) is 0 Å². The van der Waals surface area contributed by atoms with Gasteiger partial charge in [0.15, 0.2) is 0 Å². The highest BCUT2D eigenvalue weighted by Crippen LogP contribution is 2.10. The van der Waals surface area contributed by atoms with Crippen LogP contribution in [0.1, 0.15) is 10.4 Å². The Kier molecular flexibility index (Phi) is 1.96. The molecule has 0 amide bonds. The normalized spacial score (nSPS) is 9.09. The maximum Gasteiger partial charge on any atom is 0.335 e. The SMILES string of the molecule is [NH2+]=Nc1ccc(C(=O)O)cc1. The minimum absolute atomic E-state index is 0.234. The molecule has 1 aromatic carbocycles. The summed E-state index contributed by atoms with van der Waals surface area (Å²) in [7, 11) is 0. The van der Waals surface area contributed by atoms with Crippen molar-refractivity contribution in [2.45, 2.75) is 0 Å². The quantitative estimate of drug-likeness (QED) is 0.593. The summed E-state index contributed by atoms with van der Waals surface area (Å²) < 4.78 is 0. The van der Waals surface area contributed by atoms with Crippen LogP contribution in [0.5, 0.6) is 0 Å². The smallest absolute Gasteiger partial charge is 0.335 e. The average molecular weight is 151 g/mol. The maximum atomic E-state index is 10.3. The van der Waals surface area contributed by atoms with E-state index in [0.29, 0.717) is 5.69 Å². The van der Waals surface area contributed by atoms with Crippen LogP contribution in [0.15, 0.2) is 29.4 Å². The maximum absolute atomic E-state index is 10.3. The molecule has 0 aliphatic carbocycles. The first kappa shape index (κ1) is 7.40. The lowest BCUT2D eigenvalue weighted by Gasteiger charge is -1.91. The Morgan fingerprint density at radius 3 is 2.27 bits per heavy atom. The number of benzene rings is 1.